The smallest absolute Gasteiger partial charge is 0.312 e. The van der Waals surface area contributed by atoms with E-state index >= 15 is 0 Å². The fourth-order valence-corrected chi connectivity index (χ4v) is 3.53. The van der Waals surface area contributed by atoms with Gasteiger partial charge in [0.2, 0.25) is 11.6 Å². The second-order valence-corrected chi connectivity index (χ2v) is 6.29. The summed E-state index contributed by atoms with van der Waals surface area (Å²) >= 11 is 8.14. The molecule has 21 heavy (non-hydrogen) atoms. The first-order valence-electron chi connectivity index (χ1n) is 5.73. The predicted molar refractivity (Wildman–Crippen MR) is 86.6 cm³/mol. The van der Waals surface area contributed by atoms with E-state index in [9.17, 15) is 10.1 Å². The van der Waals surface area contributed by atoms with Gasteiger partial charge >= 0.3 is 5.69 Å². The number of hydrogen-bond acceptors (Lipinski definition) is 5. The molecule has 0 bridgehead atoms. The summed E-state index contributed by atoms with van der Waals surface area (Å²) in [7, 11) is 0. The number of rotatable bonds is 4. The second kappa shape index (κ2) is 5.74. The highest BCUT2D eigenvalue weighted by Gasteiger charge is 2.22. The number of para-hydroxylation sites is 1. The number of nitrogens with zero attached hydrogens (tertiary/aromatic N) is 3. The quantitative estimate of drug-likeness (QED) is 0.338. The molecule has 0 aliphatic heterocycles. The number of halogens is 2. The number of fused-ring (bicyclic) bond motifs is 1. The van der Waals surface area contributed by atoms with Crippen molar-refractivity contribution in [2.24, 2.45) is 0 Å². The fraction of sp³-hybridized carbons (Fsp3) is 0.0833. The first kappa shape index (κ1) is 14.5. The third-order valence-electron chi connectivity index (χ3n) is 2.79. The molecule has 3 aromatic rings. The lowest BCUT2D eigenvalue weighted by Gasteiger charge is -2.07. The van der Waals surface area contributed by atoms with Gasteiger partial charge in [0.25, 0.3) is 0 Å². The van der Waals surface area contributed by atoms with Crippen LogP contribution in [0.1, 0.15) is 5.69 Å². The van der Waals surface area contributed by atoms with Crippen LogP contribution in [0, 0.1) is 10.1 Å². The molecule has 2 heterocycles. The third-order valence-corrected chi connectivity index (χ3v) is 4.70. The summed E-state index contributed by atoms with van der Waals surface area (Å²) in [5.74, 6) is 0.504. The molecule has 2 aromatic heterocycles. The monoisotopic (exact) mass is 431 g/mol. The summed E-state index contributed by atoms with van der Waals surface area (Å²) in [6.07, 6.45) is 1.88. The van der Waals surface area contributed by atoms with Crippen molar-refractivity contribution >= 4 is 53.8 Å². The zero-order chi connectivity index (χ0) is 15.0. The van der Waals surface area contributed by atoms with Crippen LogP contribution < -0.4 is 4.74 Å². The molecule has 3 rings (SSSR count). The Kier molecular flexibility index (Phi) is 3.96. The van der Waals surface area contributed by atoms with Crippen molar-refractivity contribution in [2.45, 2.75) is 5.33 Å². The molecule has 9 heteroatoms. The molecule has 0 unspecified atom stereocenters. The van der Waals surface area contributed by atoms with Crippen molar-refractivity contribution in [1.82, 2.24) is 9.38 Å². The lowest BCUT2D eigenvalue weighted by molar-refractivity contribution is -0.385. The van der Waals surface area contributed by atoms with Crippen molar-refractivity contribution in [1.29, 1.82) is 0 Å². The van der Waals surface area contributed by atoms with E-state index in [4.69, 9.17) is 4.74 Å². The minimum atomic E-state index is -0.480. The van der Waals surface area contributed by atoms with Crippen molar-refractivity contribution in [3.8, 4) is 11.6 Å². The number of thiazole rings is 1. The van der Waals surface area contributed by atoms with Crippen molar-refractivity contribution in [2.75, 3.05) is 0 Å². The first-order valence-corrected chi connectivity index (χ1v) is 8.52. The van der Waals surface area contributed by atoms with Gasteiger partial charge in [-0.1, -0.05) is 22.0 Å². The van der Waals surface area contributed by atoms with E-state index in [2.05, 4.69) is 36.8 Å². The molecule has 108 valence electrons. The molecule has 0 aliphatic rings. The second-order valence-electron chi connectivity index (χ2n) is 4.00. The van der Waals surface area contributed by atoms with Gasteiger partial charge in [-0.2, -0.15) is 4.98 Å². The third kappa shape index (κ3) is 2.56. The molecule has 0 atom stereocenters. The molecule has 0 saturated carbocycles. The van der Waals surface area contributed by atoms with Gasteiger partial charge in [0.1, 0.15) is 0 Å². The summed E-state index contributed by atoms with van der Waals surface area (Å²) in [6, 6.07) is 4.67. The highest BCUT2D eigenvalue weighted by Crippen LogP contribution is 2.39. The lowest BCUT2D eigenvalue weighted by atomic mass is 10.3. The van der Waals surface area contributed by atoms with Crippen molar-refractivity contribution < 1.29 is 9.66 Å². The van der Waals surface area contributed by atoms with Crippen LogP contribution in [0.3, 0.4) is 0 Å². The van der Waals surface area contributed by atoms with Crippen molar-refractivity contribution in [3.63, 3.8) is 0 Å². The minimum Gasteiger partial charge on any atom is -0.429 e. The zero-order valence-corrected chi connectivity index (χ0v) is 14.3. The lowest BCUT2D eigenvalue weighted by Crippen LogP contribution is -1.96. The average Bonchev–Trinajstić information content (AvgIpc) is 3.00. The van der Waals surface area contributed by atoms with Gasteiger partial charge in [0, 0.05) is 23.0 Å². The molecule has 0 N–H and O–H groups in total. The van der Waals surface area contributed by atoms with Gasteiger partial charge in [-0.05, 0) is 22.0 Å². The van der Waals surface area contributed by atoms with E-state index < -0.39 is 4.92 Å². The summed E-state index contributed by atoms with van der Waals surface area (Å²) < 4.78 is 8.12. The maximum atomic E-state index is 11.1. The molecule has 0 saturated heterocycles. The first-order chi connectivity index (χ1) is 10.1. The van der Waals surface area contributed by atoms with E-state index in [0.29, 0.717) is 15.7 Å². The Hall–Kier alpha value is -1.45. The highest BCUT2D eigenvalue weighted by molar-refractivity contribution is 9.10. The Labute approximate surface area is 139 Å². The summed E-state index contributed by atoms with van der Waals surface area (Å²) in [6.45, 7) is 0. The SMILES string of the molecule is O=[N+]([O-])c1cccc(Br)c1Oc1nc2sccn2c1CBr. The summed E-state index contributed by atoms with van der Waals surface area (Å²) in [5.41, 5.74) is 0.692. The van der Waals surface area contributed by atoms with Crippen LogP contribution in [0.2, 0.25) is 0 Å². The number of benzene rings is 1. The standard InChI is InChI=1S/C12H7Br2N3O3S/c13-6-9-11(15-12-16(9)4-5-21-12)20-10-7(14)2-1-3-8(10)17(18)19/h1-5H,6H2. The van der Waals surface area contributed by atoms with E-state index in [1.54, 1.807) is 12.1 Å². The molecule has 0 amide bonds. The van der Waals surface area contributed by atoms with Crippen LogP contribution in [-0.4, -0.2) is 14.3 Å². The number of hydrogen-bond donors (Lipinski definition) is 0. The summed E-state index contributed by atoms with van der Waals surface area (Å²) in [4.78, 5) is 15.8. The Morgan fingerprint density at radius 1 is 1.48 bits per heavy atom. The van der Waals surface area contributed by atoms with Crippen LogP contribution in [0.5, 0.6) is 11.6 Å². The van der Waals surface area contributed by atoms with E-state index in [1.807, 2.05) is 16.0 Å². The van der Waals surface area contributed by atoms with Crippen LogP contribution in [0.4, 0.5) is 5.69 Å². The highest BCUT2D eigenvalue weighted by atomic mass is 79.9. The maximum Gasteiger partial charge on any atom is 0.312 e. The molecular weight excluding hydrogens is 426 g/mol. The van der Waals surface area contributed by atoms with Gasteiger partial charge in [-0.15, -0.1) is 11.3 Å². The Bertz CT molecular complexity index is 830. The maximum absolute atomic E-state index is 11.1. The number of ether oxygens (including phenoxy) is 1. The molecule has 1 aromatic carbocycles. The zero-order valence-electron chi connectivity index (χ0n) is 10.3. The Balaban J connectivity index is 2.10. The minimum absolute atomic E-state index is 0.110. The van der Waals surface area contributed by atoms with E-state index in [-0.39, 0.29) is 11.4 Å². The number of alkyl halides is 1. The van der Waals surface area contributed by atoms with Crippen LogP contribution in [0.25, 0.3) is 4.96 Å². The molecular formula is C12H7Br2N3O3S. The van der Waals surface area contributed by atoms with Gasteiger partial charge in [-0.25, -0.2) is 0 Å². The van der Waals surface area contributed by atoms with Gasteiger partial charge in [-0.3, -0.25) is 14.5 Å². The molecule has 0 fully saturated rings. The van der Waals surface area contributed by atoms with Crippen LogP contribution in [-0.2, 0) is 5.33 Å². The molecule has 0 spiro atoms. The van der Waals surface area contributed by atoms with E-state index in [1.165, 1.54) is 17.4 Å². The topological polar surface area (TPSA) is 69.7 Å². The predicted octanol–water partition coefficient (Wildman–Crippen LogP) is 4.75. The van der Waals surface area contributed by atoms with Gasteiger partial charge in [0.15, 0.2) is 4.96 Å². The van der Waals surface area contributed by atoms with E-state index in [0.717, 1.165) is 10.7 Å². The Morgan fingerprint density at radius 2 is 2.29 bits per heavy atom. The fourth-order valence-electron chi connectivity index (χ4n) is 1.85. The van der Waals surface area contributed by atoms with Gasteiger partial charge < -0.3 is 4.74 Å². The molecule has 6 nitrogen and oxygen atoms in total. The normalized spacial score (nSPS) is 11.0. The van der Waals surface area contributed by atoms with Crippen LogP contribution in [0.15, 0.2) is 34.2 Å². The number of imidazole rings is 1. The Morgan fingerprint density at radius 3 is 3.00 bits per heavy atom. The average molecular weight is 433 g/mol. The van der Waals surface area contributed by atoms with Crippen molar-refractivity contribution in [3.05, 3.63) is 50.1 Å². The molecule has 0 radical (unpaired) electrons. The molecule has 0 aliphatic carbocycles. The number of nitro groups is 1. The van der Waals surface area contributed by atoms with Crippen LogP contribution >= 0.6 is 43.2 Å². The summed E-state index contributed by atoms with van der Waals surface area (Å²) in [5, 5.41) is 13.6. The largest absolute Gasteiger partial charge is 0.429 e. The number of aromatic nitrogens is 2. The van der Waals surface area contributed by atoms with Gasteiger partial charge in [0.05, 0.1) is 15.1 Å². The number of nitro benzene ring substituents is 1.